The van der Waals surface area contributed by atoms with Crippen LogP contribution in [0.25, 0.3) is 20.9 Å². The second kappa shape index (κ2) is 9.28. The van der Waals surface area contributed by atoms with Crippen LogP contribution >= 0.6 is 0 Å². The molecule has 0 N–H and O–H groups in total. The number of esters is 1. The lowest BCUT2D eigenvalue weighted by Gasteiger charge is -2.32. The Balaban J connectivity index is 2.21. The van der Waals surface area contributed by atoms with E-state index >= 15 is 0 Å². The number of benzene rings is 1. The zero-order chi connectivity index (χ0) is 18.9. The van der Waals surface area contributed by atoms with Crippen molar-refractivity contribution in [1.29, 1.82) is 0 Å². The van der Waals surface area contributed by atoms with E-state index in [0.29, 0.717) is 24.3 Å². The lowest BCUT2D eigenvalue weighted by molar-refractivity contribution is -0.145. The van der Waals surface area contributed by atoms with E-state index in [-0.39, 0.29) is 31.1 Å². The number of morpholine rings is 1. The third-order valence-corrected chi connectivity index (χ3v) is 3.75. The van der Waals surface area contributed by atoms with E-state index in [2.05, 4.69) is 24.8 Å². The van der Waals surface area contributed by atoms with Crippen LogP contribution in [-0.2, 0) is 20.8 Å². The van der Waals surface area contributed by atoms with Crippen LogP contribution in [0.3, 0.4) is 0 Å². The second-order valence-electron chi connectivity index (χ2n) is 5.49. The van der Waals surface area contributed by atoms with E-state index < -0.39 is 12.1 Å². The number of ether oxygens (including phenoxy) is 2. The Labute approximate surface area is 148 Å². The standard InChI is InChI=1S/C15H17N7O4/c1-25-14(23)7-13-9-22(2-3-26-13)15(24)11-4-10(8-18-20-16)5-12(6-11)19-21-17/h4-6,13H,2-3,7-9H2,1H3. The van der Waals surface area contributed by atoms with Crippen molar-refractivity contribution in [2.45, 2.75) is 19.1 Å². The number of carbonyl (C=O) groups is 2. The highest BCUT2D eigenvalue weighted by atomic mass is 16.5. The van der Waals surface area contributed by atoms with Gasteiger partial charge in [0.2, 0.25) is 0 Å². The maximum atomic E-state index is 12.8. The van der Waals surface area contributed by atoms with E-state index in [1.807, 2.05) is 0 Å². The smallest absolute Gasteiger partial charge is 0.308 e. The number of hydrogen-bond acceptors (Lipinski definition) is 6. The van der Waals surface area contributed by atoms with E-state index in [1.54, 1.807) is 17.0 Å². The SMILES string of the molecule is COC(=O)CC1CN(C(=O)c2cc(CN=[N+]=[N-])cc(N=[N+]=[N-])c2)CCO1. The Hall–Kier alpha value is -3.26. The molecule has 26 heavy (non-hydrogen) atoms. The molecule has 1 aliphatic heterocycles. The molecule has 1 atom stereocenters. The number of nitrogens with zero attached hydrogens (tertiary/aromatic N) is 7. The van der Waals surface area contributed by atoms with E-state index in [0.717, 1.165) is 0 Å². The molecule has 1 aliphatic rings. The zero-order valence-electron chi connectivity index (χ0n) is 14.1. The van der Waals surface area contributed by atoms with Gasteiger partial charge in [0.05, 0.1) is 32.8 Å². The van der Waals surface area contributed by atoms with Crippen molar-refractivity contribution in [1.82, 2.24) is 4.90 Å². The fraction of sp³-hybridized carbons (Fsp3) is 0.467. The van der Waals surface area contributed by atoms with Crippen molar-refractivity contribution in [3.05, 3.63) is 50.2 Å². The van der Waals surface area contributed by atoms with Gasteiger partial charge in [-0.25, -0.2) is 0 Å². The maximum absolute atomic E-state index is 12.8. The molecule has 1 heterocycles. The first-order chi connectivity index (χ1) is 12.6. The molecular weight excluding hydrogens is 342 g/mol. The summed E-state index contributed by atoms with van der Waals surface area (Å²) in [4.78, 5) is 31.2. The quantitative estimate of drug-likeness (QED) is 0.331. The topological polar surface area (TPSA) is 153 Å². The Bertz CT molecular complexity index is 784. The van der Waals surface area contributed by atoms with Crippen LogP contribution < -0.4 is 0 Å². The summed E-state index contributed by atoms with van der Waals surface area (Å²) in [5.41, 5.74) is 18.2. The van der Waals surface area contributed by atoms with Crippen molar-refractivity contribution in [2.24, 2.45) is 10.2 Å². The highest BCUT2D eigenvalue weighted by Crippen LogP contribution is 2.21. The summed E-state index contributed by atoms with van der Waals surface area (Å²) in [5.74, 6) is -0.702. The van der Waals surface area contributed by atoms with Crippen LogP contribution in [0.2, 0.25) is 0 Å². The molecule has 11 nitrogen and oxygen atoms in total. The molecule has 1 saturated heterocycles. The van der Waals surface area contributed by atoms with Crippen molar-refractivity contribution < 1.29 is 19.1 Å². The highest BCUT2D eigenvalue weighted by molar-refractivity contribution is 5.95. The second-order valence-corrected chi connectivity index (χ2v) is 5.49. The number of amides is 1. The average molecular weight is 359 g/mol. The van der Waals surface area contributed by atoms with Crippen LogP contribution in [0.15, 0.2) is 28.4 Å². The van der Waals surface area contributed by atoms with Crippen molar-refractivity contribution >= 4 is 17.6 Å². The lowest BCUT2D eigenvalue weighted by Crippen LogP contribution is -2.46. The molecule has 0 radical (unpaired) electrons. The monoisotopic (exact) mass is 359 g/mol. The summed E-state index contributed by atoms with van der Waals surface area (Å²) in [6.07, 6.45) is -0.385. The molecular formula is C15H17N7O4. The molecule has 1 aromatic carbocycles. The fourth-order valence-corrected chi connectivity index (χ4v) is 2.59. The van der Waals surface area contributed by atoms with Gasteiger partial charge in [-0.3, -0.25) is 9.59 Å². The lowest BCUT2D eigenvalue weighted by atomic mass is 10.1. The van der Waals surface area contributed by atoms with Gasteiger partial charge in [0.15, 0.2) is 0 Å². The van der Waals surface area contributed by atoms with E-state index in [9.17, 15) is 9.59 Å². The van der Waals surface area contributed by atoms with Crippen LogP contribution in [0.1, 0.15) is 22.3 Å². The van der Waals surface area contributed by atoms with Crippen LogP contribution in [0.4, 0.5) is 5.69 Å². The molecule has 136 valence electrons. The molecule has 0 spiro atoms. The Morgan fingerprint density at radius 3 is 2.85 bits per heavy atom. The molecule has 0 bridgehead atoms. The van der Waals surface area contributed by atoms with Crippen molar-refractivity contribution in [3.63, 3.8) is 0 Å². The summed E-state index contributed by atoms with van der Waals surface area (Å²) in [7, 11) is 1.29. The van der Waals surface area contributed by atoms with Gasteiger partial charge >= 0.3 is 5.97 Å². The third kappa shape index (κ3) is 5.12. The van der Waals surface area contributed by atoms with E-state index in [4.69, 9.17) is 15.8 Å². The minimum absolute atomic E-state index is 0.0274. The van der Waals surface area contributed by atoms with Gasteiger partial charge in [-0.15, -0.1) is 0 Å². The van der Waals surface area contributed by atoms with Crippen LogP contribution in [0, 0.1) is 0 Å². The number of azide groups is 2. The molecule has 1 aromatic rings. The maximum Gasteiger partial charge on any atom is 0.308 e. The minimum Gasteiger partial charge on any atom is -0.469 e. The van der Waals surface area contributed by atoms with Crippen LogP contribution in [-0.4, -0.2) is 49.7 Å². The fourth-order valence-electron chi connectivity index (χ4n) is 2.59. The number of methoxy groups -OCH3 is 1. The van der Waals surface area contributed by atoms with Gasteiger partial charge in [0.25, 0.3) is 5.91 Å². The number of hydrogen-bond donors (Lipinski definition) is 0. The minimum atomic E-state index is -0.442. The summed E-state index contributed by atoms with van der Waals surface area (Å²) in [6.45, 7) is 0.938. The van der Waals surface area contributed by atoms with Crippen LogP contribution in [0.5, 0.6) is 0 Å². The third-order valence-electron chi connectivity index (χ3n) is 3.75. The summed E-state index contributed by atoms with van der Waals surface area (Å²) < 4.78 is 10.1. The first-order valence-electron chi connectivity index (χ1n) is 7.75. The molecule has 1 fully saturated rings. The summed E-state index contributed by atoms with van der Waals surface area (Å²) >= 11 is 0. The Morgan fingerprint density at radius 2 is 2.15 bits per heavy atom. The Kier molecular flexibility index (Phi) is 6.81. The van der Waals surface area contributed by atoms with Gasteiger partial charge in [0.1, 0.15) is 0 Å². The normalized spacial score (nSPS) is 16.2. The Morgan fingerprint density at radius 1 is 1.35 bits per heavy atom. The molecule has 0 saturated carbocycles. The van der Waals surface area contributed by atoms with Gasteiger partial charge in [-0.1, -0.05) is 10.2 Å². The number of rotatable bonds is 6. The molecule has 1 unspecified atom stereocenters. The first kappa shape index (κ1) is 19.1. The average Bonchev–Trinajstić information content (AvgIpc) is 2.66. The van der Waals surface area contributed by atoms with Gasteiger partial charge in [0, 0.05) is 34.2 Å². The number of carbonyl (C=O) groups excluding carboxylic acids is 2. The van der Waals surface area contributed by atoms with Crippen molar-refractivity contribution in [3.8, 4) is 0 Å². The van der Waals surface area contributed by atoms with E-state index in [1.165, 1.54) is 13.2 Å². The molecule has 0 aromatic heterocycles. The first-order valence-corrected chi connectivity index (χ1v) is 7.75. The predicted octanol–water partition coefficient (Wildman–Crippen LogP) is 2.84. The zero-order valence-corrected chi connectivity index (χ0v) is 14.1. The van der Waals surface area contributed by atoms with Crippen molar-refractivity contribution in [2.75, 3.05) is 26.8 Å². The van der Waals surface area contributed by atoms with Gasteiger partial charge in [-0.2, -0.15) is 0 Å². The molecule has 11 heteroatoms. The molecule has 1 amide bonds. The predicted molar refractivity (Wildman–Crippen MR) is 90.4 cm³/mol. The molecule has 2 rings (SSSR count). The van der Waals surface area contributed by atoms with Gasteiger partial charge in [-0.05, 0) is 34.8 Å². The highest BCUT2D eigenvalue weighted by Gasteiger charge is 2.27. The summed E-state index contributed by atoms with van der Waals surface area (Å²) in [5, 5.41) is 6.98. The largest absolute Gasteiger partial charge is 0.469 e. The van der Waals surface area contributed by atoms with Gasteiger partial charge < -0.3 is 14.4 Å². The summed E-state index contributed by atoms with van der Waals surface area (Å²) in [6, 6.07) is 4.59. The molecule has 0 aliphatic carbocycles.